The quantitative estimate of drug-likeness (QED) is 0.665. The van der Waals surface area contributed by atoms with Crippen molar-refractivity contribution < 1.29 is 4.74 Å². The van der Waals surface area contributed by atoms with Crippen LogP contribution in [0.25, 0.3) is 0 Å². The summed E-state index contributed by atoms with van der Waals surface area (Å²) in [4.78, 5) is 11.2. The lowest BCUT2D eigenvalue weighted by molar-refractivity contribution is 0.383. The summed E-state index contributed by atoms with van der Waals surface area (Å²) in [6.45, 7) is 0. The standard InChI is InChI=1S/C14H18N4OS/c1-19-14-13(16-6-7-17-14)12(18-15)11-8-9-4-2-3-5-10(9)20-11/h6-8,12,18H,2-5,15H2,1H3. The fourth-order valence-electron chi connectivity index (χ4n) is 2.64. The normalized spacial score (nSPS) is 15.7. The monoisotopic (exact) mass is 290 g/mol. The number of ether oxygens (including phenoxy) is 1. The van der Waals surface area contributed by atoms with E-state index >= 15 is 0 Å². The Morgan fingerprint density at radius 1 is 1.30 bits per heavy atom. The van der Waals surface area contributed by atoms with Gasteiger partial charge in [0.1, 0.15) is 11.7 Å². The first-order valence-corrected chi connectivity index (χ1v) is 7.57. The van der Waals surface area contributed by atoms with Crippen molar-refractivity contribution in [2.45, 2.75) is 31.7 Å². The number of hydrogen-bond donors (Lipinski definition) is 2. The van der Waals surface area contributed by atoms with Crippen LogP contribution >= 0.6 is 11.3 Å². The van der Waals surface area contributed by atoms with Crippen molar-refractivity contribution in [2.24, 2.45) is 5.84 Å². The zero-order chi connectivity index (χ0) is 13.9. The third-order valence-electron chi connectivity index (χ3n) is 3.62. The fourth-order valence-corrected chi connectivity index (χ4v) is 3.96. The smallest absolute Gasteiger partial charge is 0.237 e. The third-order valence-corrected chi connectivity index (χ3v) is 4.93. The molecule has 1 atom stereocenters. The first-order valence-electron chi connectivity index (χ1n) is 6.76. The summed E-state index contributed by atoms with van der Waals surface area (Å²) >= 11 is 1.82. The van der Waals surface area contributed by atoms with Gasteiger partial charge in [0, 0.05) is 22.1 Å². The maximum Gasteiger partial charge on any atom is 0.237 e. The number of nitrogens with two attached hydrogens (primary N) is 1. The Hall–Kier alpha value is -1.50. The van der Waals surface area contributed by atoms with Gasteiger partial charge in [-0.05, 0) is 37.3 Å². The summed E-state index contributed by atoms with van der Waals surface area (Å²) < 4.78 is 5.29. The van der Waals surface area contributed by atoms with Crippen LogP contribution in [0.15, 0.2) is 18.5 Å². The number of nitrogens with zero attached hydrogens (tertiary/aromatic N) is 2. The van der Waals surface area contributed by atoms with Gasteiger partial charge >= 0.3 is 0 Å². The molecule has 1 aliphatic rings. The maximum absolute atomic E-state index is 5.75. The molecule has 0 aliphatic heterocycles. The predicted molar refractivity (Wildman–Crippen MR) is 78.7 cm³/mol. The minimum Gasteiger partial charge on any atom is -0.480 e. The lowest BCUT2D eigenvalue weighted by Crippen LogP contribution is -2.29. The first kappa shape index (κ1) is 13.5. The van der Waals surface area contributed by atoms with E-state index in [1.807, 2.05) is 11.3 Å². The highest BCUT2D eigenvalue weighted by Crippen LogP contribution is 2.36. The second-order valence-electron chi connectivity index (χ2n) is 4.85. The number of nitrogens with one attached hydrogen (secondary N) is 1. The van der Waals surface area contributed by atoms with E-state index in [-0.39, 0.29) is 6.04 Å². The lowest BCUT2D eigenvalue weighted by atomic mass is 9.98. The molecule has 2 aromatic rings. The SMILES string of the molecule is COc1nccnc1C(NN)c1cc2c(s1)CCCC2. The largest absolute Gasteiger partial charge is 0.480 e. The number of rotatable bonds is 4. The number of hydrogen-bond acceptors (Lipinski definition) is 6. The fraction of sp³-hybridized carbons (Fsp3) is 0.429. The van der Waals surface area contributed by atoms with Gasteiger partial charge in [-0.2, -0.15) is 0 Å². The minimum atomic E-state index is -0.172. The second-order valence-corrected chi connectivity index (χ2v) is 6.02. The van der Waals surface area contributed by atoms with Crippen molar-refractivity contribution in [3.8, 4) is 5.88 Å². The number of fused-ring (bicyclic) bond motifs is 1. The van der Waals surface area contributed by atoms with Gasteiger partial charge in [-0.25, -0.2) is 10.4 Å². The van der Waals surface area contributed by atoms with Crippen LogP contribution in [0.5, 0.6) is 5.88 Å². The molecule has 0 radical (unpaired) electrons. The zero-order valence-electron chi connectivity index (χ0n) is 11.4. The maximum atomic E-state index is 5.75. The highest BCUT2D eigenvalue weighted by atomic mass is 32.1. The summed E-state index contributed by atoms with van der Waals surface area (Å²) in [5, 5.41) is 0. The highest BCUT2D eigenvalue weighted by Gasteiger charge is 2.23. The summed E-state index contributed by atoms with van der Waals surface area (Å²) in [6.07, 6.45) is 8.18. The van der Waals surface area contributed by atoms with Gasteiger partial charge in [-0.1, -0.05) is 0 Å². The van der Waals surface area contributed by atoms with Gasteiger partial charge in [0.05, 0.1) is 7.11 Å². The van der Waals surface area contributed by atoms with E-state index in [4.69, 9.17) is 10.6 Å². The van der Waals surface area contributed by atoms with E-state index < -0.39 is 0 Å². The molecule has 0 aromatic carbocycles. The van der Waals surface area contributed by atoms with Gasteiger partial charge in [0.25, 0.3) is 0 Å². The molecule has 1 aliphatic carbocycles. The van der Waals surface area contributed by atoms with Crippen LogP contribution in [-0.2, 0) is 12.8 Å². The van der Waals surface area contributed by atoms with E-state index in [9.17, 15) is 0 Å². The van der Waals surface area contributed by atoms with E-state index in [1.165, 1.54) is 41.0 Å². The van der Waals surface area contributed by atoms with E-state index in [2.05, 4.69) is 21.5 Å². The number of methoxy groups -OCH3 is 1. The Labute approximate surface area is 122 Å². The Morgan fingerprint density at radius 2 is 2.10 bits per heavy atom. The molecular formula is C14H18N4OS. The molecule has 3 N–H and O–H groups in total. The minimum absolute atomic E-state index is 0.172. The molecular weight excluding hydrogens is 272 g/mol. The van der Waals surface area contributed by atoms with Crippen molar-refractivity contribution in [2.75, 3.05) is 7.11 Å². The van der Waals surface area contributed by atoms with Crippen molar-refractivity contribution in [1.29, 1.82) is 0 Å². The average Bonchev–Trinajstić information content (AvgIpc) is 2.92. The summed E-state index contributed by atoms with van der Waals surface area (Å²) in [5.41, 5.74) is 5.04. The molecule has 1 unspecified atom stereocenters. The number of aryl methyl sites for hydroxylation is 2. The van der Waals surface area contributed by atoms with E-state index in [1.54, 1.807) is 19.5 Å². The van der Waals surface area contributed by atoms with Crippen molar-refractivity contribution >= 4 is 11.3 Å². The first-order chi connectivity index (χ1) is 9.83. The Balaban J connectivity index is 1.99. The van der Waals surface area contributed by atoms with Crippen LogP contribution in [0, 0.1) is 0 Å². The highest BCUT2D eigenvalue weighted by molar-refractivity contribution is 7.12. The number of aromatic nitrogens is 2. The van der Waals surface area contributed by atoms with Gasteiger partial charge in [-0.15, -0.1) is 11.3 Å². The molecule has 0 spiro atoms. The zero-order valence-corrected chi connectivity index (χ0v) is 12.2. The molecule has 0 saturated heterocycles. The molecule has 6 heteroatoms. The molecule has 106 valence electrons. The average molecular weight is 290 g/mol. The van der Waals surface area contributed by atoms with Crippen LogP contribution in [0.3, 0.4) is 0 Å². The Bertz CT molecular complexity index is 575. The van der Waals surface area contributed by atoms with E-state index in [0.717, 1.165) is 5.69 Å². The molecule has 3 rings (SSSR count). The molecule has 20 heavy (non-hydrogen) atoms. The van der Waals surface area contributed by atoms with Crippen molar-refractivity contribution in [3.63, 3.8) is 0 Å². The van der Waals surface area contributed by atoms with Gasteiger partial charge in [0.15, 0.2) is 0 Å². The molecule has 2 heterocycles. The summed E-state index contributed by atoms with van der Waals surface area (Å²) in [6, 6.07) is 2.08. The van der Waals surface area contributed by atoms with E-state index in [0.29, 0.717) is 5.88 Å². The van der Waals surface area contributed by atoms with Crippen LogP contribution < -0.4 is 16.0 Å². The van der Waals surface area contributed by atoms with Crippen LogP contribution in [0.4, 0.5) is 0 Å². The van der Waals surface area contributed by atoms with Gasteiger partial charge in [-0.3, -0.25) is 10.8 Å². The molecule has 0 amide bonds. The Morgan fingerprint density at radius 3 is 2.85 bits per heavy atom. The number of thiophene rings is 1. The van der Waals surface area contributed by atoms with Gasteiger partial charge < -0.3 is 4.74 Å². The topological polar surface area (TPSA) is 73.1 Å². The predicted octanol–water partition coefficient (Wildman–Crippen LogP) is 1.98. The third kappa shape index (κ3) is 2.42. The lowest BCUT2D eigenvalue weighted by Gasteiger charge is -2.15. The van der Waals surface area contributed by atoms with Gasteiger partial charge in [0.2, 0.25) is 5.88 Å². The Kier molecular flexibility index (Phi) is 3.95. The van der Waals surface area contributed by atoms with Crippen LogP contribution in [0.2, 0.25) is 0 Å². The molecule has 0 fully saturated rings. The van der Waals surface area contributed by atoms with Crippen molar-refractivity contribution in [3.05, 3.63) is 39.5 Å². The van der Waals surface area contributed by atoms with Crippen LogP contribution in [-0.4, -0.2) is 17.1 Å². The molecule has 2 aromatic heterocycles. The molecule has 5 nitrogen and oxygen atoms in total. The number of hydrazine groups is 1. The molecule has 0 bridgehead atoms. The second kappa shape index (κ2) is 5.87. The summed E-state index contributed by atoms with van der Waals surface area (Å²) in [7, 11) is 1.60. The molecule has 0 saturated carbocycles. The van der Waals surface area contributed by atoms with Crippen molar-refractivity contribution in [1.82, 2.24) is 15.4 Å². The van der Waals surface area contributed by atoms with Crippen LogP contribution in [0.1, 0.15) is 39.9 Å². The summed E-state index contributed by atoms with van der Waals surface area (Å²) in [5.74, 6) is 6.27.